The summed E-state index contributed by atoms with van der Waals surface area (Å²) in [7, 11) is 0. The minimum atomic E-state index is -0.0250. The number of hydrogen-bond donors (Lipinski definition) is 0. The molecular formula is C19H17N3O2. The topological polar surface area (TPSA) is 53.0 Å². The van der Waals surface area contributed by atoms with Gasteiger partial charge in [0.2, 0.25) is 0 Å². The molecule has 0 N–H and O–H groups in total. The van der Waals surface area contributed by atoms with E-state index in [2.05, 4.69) is 5.16 Å². The van der Waals surface area contributed by atoms with E-state index in [4.69, 9.17) is 4.52 Å². The lowest BCUT2D eigenvalue weighted by Crippen LogP contribution is -2.24. The van der Waals surface area contributed by atoms with Crippen molar-refractivity contribution in [2.24, 2.45) is 0 Å². The molecular weight excluding hydrogens is 302 g/mol. The smallest absolute Gasteiger partial charge is 0.329 e. The van der Waals surface area contributed by atoms with Crippen LogP contribution < -0.4 is 5.69 Å². The average Bonchev–Trinajstić information content (AvgIpc) is 3.20. The summed E-state index contributed by atoms with van der Waals surface area (Å²) < 4.78 is 8.95. The number of hydrogen-bond acceptors (Lipinski definition) is 3. The van der Waals surface area contributed by atoms with Crippen molar-refractivity contribution in [3.05, 3.63) is 76.8 Å². The van der Waals surface area contributed by atoms with Gasteiger partial charge in [-0.25, -0.2) is 4.79 Å². The highest BCUT2D eigenvalue weighted by Gasteiger charge is 2.14. The van der Waals surface area contributed by atoms with Crippen molar-refractivity contribution in [2.45, 2.75) is 20.0 Å². The third-order valence-corrected chi connectivity index (χ3v) is 4.18. The molecule has 0 aliphatic rings. The third kappa shape index (κ3) is 2.34. The summed E-state index contributed by atoms with van der Waals surface area (Å²) in [4.78, 5) is 12.7. The summed E-state index contributed by atoms with van der Waals surface area (Å²) in [6, 6.07) is 19.5. The summed E-state index contributed by atoms with van der Waals surface area (Å²) in [5, 5.41) is 4.13. The maximum Gasteiger partial charge on any atom is 0.329 e. The molecule has 0 fully saturated rings. The van der Waals surface area contributed by atoms with Gasteiger partial charge >= 0.3 is 5.69 Å². The van der Waals surface area contributed by atoms with Crippen LogP contribution in [0.3, 0.4) is 0 Å². The van der Waals surface area contributed by atoms with Gasteiger partial charge in [-0.1, -0.05) is 47.6 Å². The number of imidazole rings is 1. The largest absolute Gasteiger partial charge is 0.356 e. The van der Waals surface area contributed by atoms with Crippen LogP contribution in [0.2, 0.25) is 0 Å². The Morgan fingerprint density at radius 2 is 1.62 bits per heavy atom. The van der Waals surface area contributed by atoms with Crippen molar-refractivity contribution < 1.29 is 4.52 Å². The zero-order valence-corrected chi connectivity index (χ0v) is 13.3. The standard InChI is InChI=1S/C19H17N3O2/c1-2-21-16-10-6-7-11-17(16)22(19(21)23)13-15-12-18(24-20-15)14-8-4-3-5-9-14/h3-12H,2,13H2,1H3. The molecule has 0 radical (unpaired) electrons. The Bertz CT molecular complexity index is 1040. The van der Waals surface area contributed by atoms with E-state index in [9.17, 15) is 4.79 Å². The van der Waals surface area contributed by atoms with Crippen LogP contribution in [0.1, 0.15) is 12.6 Å². The molecule has 0 spiro atoms. The molecule has 0 saturated carbocycles. The Balaban J connectivity index is 1.75. The monoisotopic (exact) mass is 319 g/mol. The highest BCUT2D eigenvalue weighted by atomic mass is 16.5. The van der Waals surface area contributed by atoms with Crippen molar-refractivity contribution in [3.63, 3.8) is 0 Å². The van der Waals surface area contributed by atoms with Crippen LogP contribution in [-0.2, 0) is 13.1 Å². The van der Waals surface area contributed by atoms with Crippen LogP contribution in [0.25, 0.3) is 22.4 Å². The van der Waals surface area contributed by atoms with Crippen LogP contribution in [-0.4, -0.2) is 14.3 Å². The highest BCUT2D eigenvalue weighted by Crippen LogP contribution is 2.21. The molecule has 2 aromatic carbocycles. The minimum Gasteiger partial charge on any atom is -0.356 e. The number of benzene rings is 2. The summed E-state index contributed by atoms with van der Waals surface area (Å²) in [5.74, 6) is 0.706. The molecule has 0 atom stereocenters. The van der Waals surface area contributed by atoms with Gasteiger partial charge in [-0.05, 0) is 19.1 Å². The van der Waals surface area contributed by atoms with Gasteiger partial charge < -0.3 is 4.52 Å². The molecule has 4 rings (SSSR count). The van der Waals surface area contributed by atoms with Crippen LogP contribution in [0, 0.1) is 0 Å². The van der Waals surface area contributed by atoms with Crippen LogP contribution in [0.15, 0.2) is 70.0 Å². The molecule has 0 aliphatic heterocycles. The zero-order chi connectivity index (χ0) is 16.5. The molecule has 0 bridgehead atoms. The first kappa shape index (κ1) is 14.5. The van der Waals surface area contributed by atoms with E-state index in [0.717, 1.165) is 22.3 Å². The van der Waals surface area contributed by atoms with Gasteiger partial charge in [0, 0.05) is 18.2 Å². The zero-order valence-electron chi connectivity index (χ0n) is 13.3. The van der Waals surface area contributed by atoms with E-state index in [1.54, 1.807) is 9.13 Å². The second-order valence-corrected chi connectivity index (χ2v) is 5.65. The molecule has 0 aliphatic carbocycles. The first-order valence-corrected chi connectivity index (χ1v) is 7.97. The summed E-state index contributed by atoms with van der Waals surface area (Å²) in [5.41, 5.74) is 3.53. The van der Waals surface area contributed by atoms with E-state index in [1.165, 1.54) is 0 Å². The van der Waals surface area contributed by atoms with E-state index in [0.29, 0.717) is 18.8 Å². The Kier molecular flexibility index (Phi) is 3.54. The number of aromatic nitrogens is 3. The molecule has 24 heavy (non-hydrogen) atoms. The second-order valence-electron chi connectivity index (χ2n) is 5.65. The van der Waals surface area contributed by atoms with Crippen LogP contribution in [0.4, 0.5) is 0 Å². The fraction of sp³-hybridized carbons (Fsp3) is 0.158. The number of nitrogens with zero attached hydrogens (tertiary/aromatic N) is 3. The number of para-hydroxylation sites is 2. The van der Waals surface area contributed by atoms with Crippen LogP contribution >= 0.6 is 0 Å². The number of fused-ring (bicyclic) bond motifs is 1. The first-order chi connectivity index (χ1) is 11.8. The van der Waals surface area contributed by atoms with Crippen molar-refractivity contribution in [2.75, 3.05) is 0 Å². The lowest BCUT2D eigenvalue weighted by molar-refractivity contribution is 0.421. The lowest BCUT2D eigenvalue weighted by Gasteiger charge is -1.98. The molecule has 5 heteroatoms. The van der Waals surface area contributed by atoms with Crippen molar-refractivity contribution in [3.8, 4) is 11.3 Å². The Morgan fingerprint density at radius 1 is 0.958 bits per heavy atom. The van der Waals surface area contributed by atoms with Gasteiger partial charge in [0.25, 0.3) is 0 Å². The SMILES string of the molecule is CCn1c(=O)n(Cc2cc(-c3ccccc3)on2)c2ccccc21. The third-order valence-electron chi connectivity index (χ3n) is 4.18. The summed E-state index contributed by atoms with van der Waals surface area (Å²) >= 11 is 0. The second kappa shape index (κ2) is 5.85. The quantitative estimate of drug-likeness (QED) is 0.578. The number of rotatable bonds is 4. The fourth-order valence-corrected chi connectivity index (χ4v) is 3.02. The van der Waals surface area contributed by atoms with Crippen molar-refractivity contribution in [1.29, 1.82) is 0 Å². The van der Waals surface area contributed by atoms with Gasteiger partial charge in [0.1, 0.15) is 5.69 Å². The van der Waals surface area contributed by atoms with E-state index in [-0.39, 0.29) is 5.69 Å². The first-order valence-electron chi connectivity index (χ1n) is 7.97. The van der Waals surface area contributed by atoms with Crippen LogP contribution in [0.5, 0.6) is 0 Å². The van der Waals surface area contributed by atoms with Gasteiger partial charge in [0.05, 0.1) is 17.6 Å². The molecule has 2 heterocycles. The highest BCUT2D eigenvalue weighted by molar-refractivity contribution is 5.76. The molecule has 0 saturated heterocycles. The van der Waals surface area contributed by atoms with Gasteiger partial charge in [0.15, 0.2) is 5.76 Å². The van der Waals surface area contributed by atoms with E-state index >= 15 is 0 Å². The Labute approximate surface area is 138 Å². The van der Waals surface area contributed by atoms with Crippen molar-refractivity contribution in [1.82, 2.24) is 14.3 Å². The average molecular weight is 319 g/mol. The Hall–Kier alpha value is -3.08. The van der Waals surface area contributed by atoms with Gasteiger partial charge in [-0.2, -0.15) is 0 Å². The molecule has 5 nitrogen and oxygen atoms in total. The molecule has 120 valence electrons. The Morgan fingerprint density at radius 3 is 2.33 bits per heavy atom. The van der Waals surface area contributed by atoms with Crippen molar-refractivity contribution >= 4 is 11.0 Å². The van der Waals surface area contributed by atoms with Gasteiger partial charge in [-0.3, -0.25) is 9.13 Å². The maximum absolute atomic E-state index is 12.7. The van der Waals surface area contributed by atoms with E-state index in [1.807, 2.05) is 67.6 Å². The summed E-state index contributed by atoms with van der Waals surface area (Å²) in [6.07, 6.45) is 0. The maximum atomic E-state index is 12.7. The predicted molar refractivity (Wildman–Crippen MR) is 92.9 cm³/mol. The molecule has 4 aromatic rings. The molecule has 0 amide bonds. The lowest BCUT2D eigenvalue weighted by atomic mass is 10.1. The normalized spacial score (nSPS) is 11.2. The summed E-state index contributed by atoms with van der Waals surface area (Å²) in [6.45, 7) is 3.00. The fourth-order valence-electron chi connectivity index (χ4n) is 3.02. The van der Waals surface area contributed by atoms with E-state index < -0.39 is 0 Å². The van der Waals surface area contributed by atoms with Gasteiger partial charge in [-0.15, -0.1) is 0 Å². The predicted octanol–water partition coefficient (Wildman–Crippen LogP) is 3.53. The number of aryl methyl sites for hydroxylation is 1. The molecule has 0 unspecified atom stereocenters. The molecule has 2 aromatic heterocycles. The minimum absolute atomic E-state index is 0.0250.